The number of nitrogens with one attached hydrogen (secondary N) is 1. The van der Waals surface area contributed by atoms with Gasteiger partial charge in [0.1, 0.15) is 0 Å². The van der Waals surface area contributed by atoms with Gasteiger partial charge in [-0.15, -0.1) is 0 Å². The third-order valence-corrected chi connectivity index (χ3v) is 4.07. The van der Waals surface area contributed by atoms with Gasteiger partial charge in [-0.3, -0.25) is 4.79 Å². The van der Waals surface area contributed by atoms with Crippen LogP contribution in [0.5, 0.6) is 0 Å². The van der Waals surface area contributed by atoms with E-state index in [9.17, 15) is 9.59 Å². The average molecular weight is 238 g/mol. The molecule has 0 aromatic heterocycles. The van der Waals surface area contributed by atoms with Crippen molar-refractivity contribution >= 4 is 12.0 Å². The summed E-state index contributed by atoms with van der Waals surface area (Å²) in [6.45, 7) is 0.729. The molecule has 5 nitrogen and oxygen atoms in total. The number of rotatable bonds is 4. The Hall–Kier alpha value is -1.26. The van der Waals surface area contributed by atoms with Crippen LogP contribution < -0.4 is 5.32 Å². The zero-order valence-electron chi connectivity index (χ0n) is 9.76. The van der Waals surface area contributed by atoms with Crippen molar-refractivity contribution in [2.45, 2.75) is 31.7 Å². The number of aliphatic carboxylic acids is 1. The molecule has 3 rings (SSSR count). The van der Waals surface area contributed by atoms with Gasteiger partial charge in [0.25, 0.3) is 0 Å². The van der Waals surface area contributed by atoms with E-state index >= 15 is 0 Å². The fourth-order valence-electron chi connectivity index (χ4n) is 2.57. The van der Waals surface area contributed by atoms with E-state index in [0.29, 0.717) is 31.0 Å². The van der Waals surface area contributed by atoms with Gasteiger partial charge in [-0.2, -0.15) is 0 Å². The van der Waals surface area contributed by atoms with Crippen molar-refractivity contribution in [3.05, 3.63) is 0 Å². The first-order chi connectivity index (χ1) is 8.15. The maximum atomic E-state index is 11.9. The second-order valence-electron chi connectivity index (χ2n) is 5.59. The van der Waals surface area contributed by atoms with Crippen molar-refractivity contribution in [3.63, 3.8) is 0 Å². The van der Waals surface area contributed by atoms with Crippen LogP contribution in [0.15, 0.2) is 0 Å². The van der Waals surface area contributed by atoms with E-state index in [4.69, 9.17) is 5.11 Å². The summed E-state index contributed by atoms with van der Waals surface area (Å²) < 4.78 is 0. The highest BCUT2D eigenvalue weighted by Crippen LogP contribution is 2.44. The molecule has 5 heteroatoms. The number of likely N-dealkylation sites (tertiary alicyclic amines) is 1. The van der Waals surface area contributed by atoms with Gasteiger partial charge in [-0.25, -0.2) is 4.79 Å². The fraction of sp³-hybridized carbons (Fsp3) is 0.833. The highest BCUT2D eigenvalue weighted by atomic mass is 16.4. The average Bonchev–Trinajstić information content (AvgIpc) is 3.05. The number of carbonyl (C=O) groups excluding carboxylic acids is 1. The van der Waals surface area contributed by atoms with Crippen LogP contribution in [-0.2, 0) is 4.79 Å². The lowest BCUT2D eigenvalue weighted by Gasteiger charge is -2.37. The second-order valence-corrected chi connectivity index (χ2v) is 5.59. The highest BCUT2D eigenvalue weighted by Gasteiger charge is 2.44. The molecule has 0 aromatic carbocycles. The molecule has 0 spiro atoms. The molecule has 1 aliphatic heterocycles. The summed E-state index contributed by atoms with van der Waals surface area (Å²) in [7, 11) is 0. The smallest absolute Gasteiger partial charge is 0.317 e. The Kier molecular flexibility index (Phi) is 2.49. The molecule has 2 saturated carbocycles. The molecule has 3 aliphatic rings. The van der Waals surface area contributed by atoms with Crippen LogP contribution >= 0.6 is 0 Å². The molecular formula is C12H18N2O3. The largest absolute Gasteiger partial charge is 0.481 e. The Morgan fingerprint density at radius 2 is 1.65 bits per heavy atom. The molecule has 2 aliphatic carbocycles. The maximum absolute atomic E-state index is 11.9. The lowest BCUT2D eigenvalue weighted by atomic mass is 10.0. The Bertz CT molecular complexity index is 332. The zero-order chi connectivity index (χ0) is 12.0. The number of amides is 2. The van der Waals surface area contributed by atoms with Crippen LogP contribution in [0.4, 0.5) is 4.79 Å². The van der Waals surface area contributed by atoms with Gasteiger partial charge in [0.2, 0.25) is 0 Å². The number of carboxylic acids is 1. The Morgan fingerprint density at radius 1 is 1.12 bits per heavy atom. The molecule has 2 N–H and O–H groups in total. The van der Waals surface area contributed by atoms with Gasteiger partial charge < -0.3 is 15.3 Å². The molecule has 0 aromatic rings. The van der Waals surface area contributed by atoms with E-state index in [1.807, 2.05) is 0 Å². The van der Waals surface area contributed by atoms with Crippen LogP contribution in [0.1, 0.15) is 25.7 Å². The normalized spacial score (nSPS) is 24.6. The molecule has 0 atom stereocenters. The number of carboxylic acid groups (broad SMARTS) is 1. The van der Waals surface area contributed by atoms with Crippen molar-refractivity contribution in [1.82, 2.24) is 10.2 Å². The predicted octanol–water partition coefficient (Wildman–Crippen LogP) is 0.901. The zero-order valence-corrected chi connectivity index (χ0v) is 9.76. The number of urea groups is 1. The molecule has 1 saturated heterocycles. The minimum absolute atomic E-state index is 0.0636. The summed E-state index contributed by atoms with van der Waals surface area (Å²) >= 11 is 0. The van der Waals surface area contributed by atoms with Gasteiger partial charge in [-0.05, 0) is 37.5 Å². The van der Waals surface area contributed by atoms with Gasteiger partial charge in [-0.1, -0.05) is 0 Å². The summed E-state index contributed by atoms with van der Waals surface area (Å²) in [5, 5.41) is 11.8. The first-order valence-corrected chi connectivity index (χ1v) is 6.43. The van der Waals surface area contributed by atoms with Gasteiger partial charge in [0, 0.05) is 19.1 Å². The monoisotopic (exact) mass is 238 g/mol. The molecule has 0 radical (unpaired) electrons. The predicted molar refractivity (Wildman–Crippen MR) is 60.5 cm³/mol. The molecule has 94 valence electrons. The van der Waals surface area contributed by atoms with E-state index in [1.165, 1.54) is 25.7 Å². The van der Waals surface area contributed by atoms with Crippen LogP contribution in [0.2, 0.25) is 0 Å². The van der Waals surface area contributed by atoms with Crippen molar-refractivity contribution in [2.24, 2.45) is 17.8 Å². The van der Waals surface area contributed by atoms with Crippen molar-refractivity contribution in [3.8, 4) is 0 Å². The second kappa shape index (κ2) is 3.89. The van der Waals surface area contributed by atoms with Crippen molar-refractivity contribution in [2.75, 3.05) is 13.1 Å². The van der Waals surface area contributed by atoms with Gasteiger partial charge in [0.15, 0.2) is 0 Å². The first-order valence-electron chi connectivity index (χ1n) is 6.43. The molecule has 0 bridgehead atoms. The van der Waals surface area contributed by atoms with Crippen LogP contribution in [0, 0.1) is 17.8 Å². The molecular weight excluding hydrogens is 220 g/mol. The van der Waals surface area contributed by atoms with E-state index in [0.717, 1.165) is 0 Å². The standard InChI is InChI=1S/C12H18N2O3/c15-11(16)9-5-14(6-9)12(17)13-10(7-1-2-7)8-3-4-8/h7-10H,1-6H2,(H,13,17)(H,15,16). The summed E-state index contributed by atoms with van der Waals surface area (Å²) in [6, 6.07) is 0.290. The van der Waals surface area contributed by atoms with E-state index in [2.05, 4.69) is 5.32 Å². The highest BCUT2D eigenvalue weighted by molar-refractivity contribution is 5.80. The minimum Gasteiger partial charge on any atom is -0.481 e. The SMILES string of the molecule is O=C(O)C1CN(C(=O)NC(C2CC2)C2CC2)C1. The van der Waals surface area contributed by atoms with Gasteiger partial charge in [0.05, 0.1) is 5.92 Å². The fourth-order valence-corrected chi connectivity index (χ4v) is 2.57. The Labute approximate surface area is 100 Å². The number of hydrogen-bond acceptors (Lipinski definition) is 2. The van der Waals surface area contributed by atoms with Crippen LogP contribution in [0.3, 0.4) is 0 Å². The number of hydrogen-bond donors (Lipinski definition) is 2. The Morgan fingerprint density at radius 3 is 2.06 bits per heavy atom. The third kappa shape index (κ3) is 2.23. The molecule has 3 fully saturated rings. The quantitative estimate of drug-likeness (QED) is 0.764. The summed E-state index contributed by atoms with van der Waals surface area (Å²) in [6.07, 6.45) is 4.94. The third-order valence-electron chi connectivity index (χ3n) is 4.07. The van der Waals surface area contributed by atoms with Gasteiger partial charge >= 0.3 is 12.0 Å². The summed E-state index contributed by atoms with van der Waals surface area (Å²) in [5.41, 5.74) is 0. The number of carbonyl (C=O) groups is 2. The number of nitrogens with zero attached hydrogens (tertiary/aromatic N) is 1. The molecule has 2 amide bonds. The molecule has 0 unspecified atom stereocenters. The lowest BCUT2D eigenvalue weighted by Crippen LogP contribution is -2.58. The van der Waals surface area contributed by atoms with E-state index in [-0.39, 0.29) is 11.9 Å². The van der Waals surface area contributed by atoms with Crippen molar-refractivity contribution < 1.29 is 14.7 Å². The molecule has 17 heavy (non-hydrogen) atoms. The van der Waals surface area contributed by atoms with E-state index < -0.39 is 5.97 Å². The first kappa shape index (κ1) is 10.9. The van der Waals surface area contributed by atoms with Crippen molar-refractivity contribution in [1.29, 1.82) is 0 Å². The molecule has 1 heterocycles. The lowest BCUT2D eigenvalue weighted by molar-refractivity contribution is -0.146. The maximum Gasteiger partial charge on any atom is 0.317 e. The summed E-state index contributed by atoms with van der Waals surface area (Å²) in [4.78, 5) is 24.1. The summed E-state index contributed by atoms with van der Waals surface area (Å²) in [5.74, 6) is 0.210. The van der Waals surface area contributed by atoms with Crippen LogP contribution in [-0.4, -0.2) is 41.1 Å². The minimum atomic E-state index is -0.796. The Balaban J connectivity index is 1.48. The van der Waals surface area contributed by atoms with E-state index in [1.54, 1.807) is 4.90 Å². The topological polar surface area (TPSA) is 69.6 Å². The van der Waals surface area contributed by atoms with Crippen LogP contribution in [0.25, 0.3) is 0 Å².